The van der Waals surface area contributed by atoms with Gasteiger partial charge in [-0.1, -0.05) is 12.1 Å². The summed E-state index contributed by atoms with van der Waals surface area (Å²) in [6.45, 7) is 9.15. The van der Waals surface area contributed by atoms with Gasteiger partial charge in [-0.05, 0) is 64.9 Å². The highest BCUT2D eigenvalue weighted by Crippen LogP contribution is 2.20. The molecule has 2 unspecified atom stereocenters. The molecular weight excluding hydrogens is 328 g/mol. The maximum Gasteiger partial charge on any atom is 0.191 e. The molecular formula is C20H34N4O2. The predicted molar refractivity (Wildman–Crippen MR) is 107 cm³/mol. The number of aliphatic hydroxyl groups is 1. The molecule has 0 aliphatic carbocycles. The summed E-state index contributed by atoms with van der Waals surface area (Å²) in [6.07, 6.45) is 1.92. The minimum absolute atomic E-state index is 0.110. The molecule has 2 atom stereocenters. The van der Waals surface area contributed by atoms with E-state index in [0.29, 0.717) is 12.6 Å². The van der Waals surface area contributed by atoms with Gasteiger partial charge in [-0.25, -0.2) is 0 Å². The molecule has 6 nitrogen and oxygen atoms in total. The lowest BCUT2D eigenvalue weighted by Crippen LogP contribution is -2.44. The van der Waals surface area contributed by atoms with E-state index in [1.54, 1.807) is 0 Å². The number of benzene rings is 1. The van der Waals surface area contributed by atoms with Crippen LogP contribution < -0.4 is 15.4 Å². The van der Waals surface area contributed by atoms with Gasteiger partial charge in [0, 0.05) is 19.1 Å². The SMILES string of the molecule is CCNC(=NCC(O)c1cccc(OC(C)C)c1)NCC1CCCN1C. The second-order valence-electron chi connectivity index (χ2n) is 7.13. The quantitative estimate of drug-likeness (QED) is 0.488. The molecule has 0 aromatic heterocycles. The zero-order valence-corrected chi connectivity index (χ0v) is 16.5. The lowest BCUT2D eigenvalue weighted by atomic mass is 10.1. The third-order valence-corrected chi connectivity index (χ3v) is 4.56. The summed E-state index contributed by atoms with van der Waals surface area (Å²) >= 11 is 0. The van der Waals surface area contributed by atoms with Crippen LogP contribution in [0.1, 0.15) is 45.3 Å². The number of aliphatic hydroxyl groups excluding tert-OH is 1. The molecule has 0 bridgehead atoms. The summed E-state index contributed by atoms with van der Waals surface area (Å²) in [7, 11) is 2.17. The van der Waals surface area contributed by atoms with E-state index in [2.05, 4.69) is 27.6 Å². The molecule has 26 heavy (non-hydrogen) atoms. The molecule has 1 aromatic carbocycles. The Bertz CT molecular complexity index is 577. The number of likely N-dealkylation sites (tertiary alicyclic amines) is 1. The van der Waals surface area contributed by atoms with Crippen LogP contribution in [0.3, 0.4) is 0 Å². The van der Waals surface area contributed by atoms with Gasteiger partial charge in [-0.2, -0.15) is 0 Å². The van der Waals surface area contributed by atoms with E-state index in [-0.39, 0.29) is 6.10 Å². The fourth-order valence-corrected chi connectivity index (χ4v) is 3.14. The van der Waals surface area contributed by atoms with Crippen molar-refractivity contribution in [3.05, 3.63) is 29.8 Å². The Labute approximate surface area is 157 Å². The van der Waals surface area contributed by atoms with E-state index in [1.807, 2.05) is 45.0 Å². The van der Waals surface area contributed by atoms with Crippen molar-refractivity contribution in [3.63, 3.8) is 0 Å². The Morgan fingerprint density at radius 2 is 2.19 bits per heavy atom. The van der Waals surface area contributed by atoms with Crippen molar-refractivity contribution in [2.45, 2.75) is 51.9 Å². The summed E-state index contributed by atoms with van der Waals surface area (Å²) < 4.78 is 5.70. The minimum Gasteiger partial charge on any atom is -0.491 e. The monoisotopic (exact) mass is 362 g/mol. The van der Waals surface area contributed by atoms with Crippen LogP contribution >= 0.6 is 0 Å². The standard InChI is InChI=1S/C20H34N4O2/c1-5-21-20(22-13-17-9-7-11-24(17)4)23-14-19(25)16-8-6-10-18(12-16)26-15(2)3/h6,8,10,12,15,17,19,25H,5,7,9,11,13-14H2,1-4H3,(H2,21,22,23). The zero-order valence-electron chi connectivity index (χ0n) is 16.5. The van der Waals surface area contributed by atoms with Crippen LogP contribution in [-0.2, 0) is 0 Å². The first-order chi connectivity index (χ1) is 12.5. The van der Waals surface area contributed by atoms with Crippen LogP contribution in [0, 0.1) is 0 Å². The van der Waals surface area contributed by atoms with Gasteiger partial charge >= 0.3 is 0 Å². The van der Waals surface area contributed by atoms with Crippen molar-refractivity contribution in [3.8, 4) is 5.75 Å². The van der Waals surface area contributed by atoms with E-state index in [0.717, 1.165) is 36.9 Å². The van der Waals surface area contributed by atoms with Crippen molar-refractivity contribution in [1.82, 2.24) is 15.5 Å². The van der Waals surface area contributed by atoms with Crippen LogP contribution in [0.4, 0.5) is 0 Å². The molecule has 0 saturated carbocycles. The molecule has 3 N–H and O–H groups in total. The topological polar surface area (TPSA) is 69.1 Å². The third-order valence-electron chi connectivity index (χ3n) is 4.56. The molecule has 6 heteroatoms. The molecule has 2 rings (SSSR count). The van der Waals surface area contributed by atoms with Crippen molar-refractivity contribution in [2.75, 3.05) is 33.2 Å². The first-order valence-electron chi connectivity index (χ1n) is 9.66. The Kier molecular flexibility index (Phi) is 8.19. The number of nitrogens with one attached hydrogen (secondary N) is 2. The van der Waals surface area contributed by atoms with Crippen LogP contribution in [-0.4, -0.2) is 61.3 Å². The molecule has 1 aliphatic rings. The fraction of sp³-hybridized carbons (Fsp3) is 0.650. The number of nitrogens with zero attached hydrogens (tertiary/aromatic N) is 2. The van der Waals surface area contributed by atoms with Crippen LogP contribution in [0.15, 0.2) is 29.3 Å². The van der Waals surface area contributed by atoms with Crippen LogP contribution in [0.5, 0.6) is 5.75 Å². The van der Waals surface area contributed by atoms with Gasteiger partial charge in [0.2, 0.25) is 0 Å². The Morgan fingerprint density at radius 3 is 2.85 bits per heavy atom. The molecule has 0 amide bonds. The van der Waals surface area contributed by atoms with Gasteiger partial charge in [0.1, 0.15) is 5.75 Å². The van der Waals surface area contributed by atoms with Crippen LogP contribution in [0.25, 0.3) is 0 Å². The summed E-state index contributed by atoms with van der Waals surface area (Å²) in [5, 5.41) is 17.1. The van der Waals surface area contributed by atoms with Crippen molar-refractivity contribution >= 4 is 5.96 Å². The van der Waals surface area contributed by atoms with Gasteiger partial charge in [-0.3, -0.25) is 4.99 Å². The number of ether oxygens (including phenoxy) is 1. The van der Waals surface area contributed by atoms with Gasteiger partial charge in [0.15, 0.2) is 5.96 Å². The van der Waals surface area contributed by atoms with Crippen molar-refractivity contribution < 1.29 is 9.84 Å². The highest BCUT2D eigenvalue weighted by molar-refractivity contribution is 5.79. The molecule has 1 heterocycles. The predicted octanol–water partition coefficient (Wildman–Crippen LogP) is 2.16. The highest BCUT2D eigenvalue weighted by Gasteiger charge is 2.20. The average Bonchev–Trinajstić information content (AvgIpc) is 3.01. The minimum atomic E-state index is -0.657. The largest absolute Gasteiger partial charge is 0.491 e. The molecule has 0 spiro atoms. The highest BCUT2D eigenvalue weighted by atomic mass is 16.5. The average molecular weight is 363 g/mol. The molecule has 1 aromatic rings. The number of aliphatic imine (C=N–C) groups is 1. The number of hydrogen-bond acceptors (Lipinski definition) is 4. The molecule has 0 radical (unpaired) electrons. The number of guanidine groups is 1. The van der Waals surface area contributed by atoms with Crippen LogP contribution in [0.2, 0.25) is 0 Å². The molecule has 1 saturated heterocycles. The maximum atomic E-state index is 10.5. The number of rotatable bonds is 8. The van der Waals surface area contributed by atoms with Gasteiger partial charge in [0.25, 0.3) is 0 Å². The van der Waals surface area contributed by atoms with Gasteiger partial charge in [0.05, 0.1) is 18.8 Å². The normalized spacial score (nSPS) is 19.6. The molecule has 1 fully saturated rings. The maximum absolute atomic E-state index is 10.5. The number of likely N-dealkylation sites (N-methyl/N-ethyl adjacent to an activating group) is 1. The lowest BCUT2D eigenvalue weighted by molar-refractivity contribution is 0.185. The van der Waals surface area contributed by atoms with E-state index < -0.39 is 6.10 Å². The molecule has 146 valence electrons. The third kappa shape index (κ3) is 6.50. The van der Waals surface area contributed by atoms with Gasteiger partial charge in [-0.15, -0.1) is 0 Å². The summed E-state index contributed by atoms with van der Waals surface area (Å²) in [4.78, 5) is 6.93. The van der Waals surface area contributed by atoms with Crippen molar-refractivity contribution in [1.29, 1.82) is 0 Å². The second-order valence-corrected chi connectivity index (χ2v) is 7.13. The van der Waals surface area contributed by atoms with E-state index in [1.165, 1.54) is 12.8 Å². The second kappa shape index (κ2) is 10.4. The van der Waals surface area contributed by atoms with E-state index in [9.17, 15) is 5.11 Å². The molecule has 1 aliphatic heterocycles. The smallest absolute Gasteiger partial charge is 0.191 e. The Morgan fingerprint density at radius 1 is 1.38 bits per heavy atom. The summed E-state index contributed by atoms with van der Waals surface area (Å²) in [6, 6.07) is 8.14. The first kappa shape index (κ1) is 20.5. The van der Waals surface area contributed by atoms with Crippen molar-refractivity contribution in [2.24, 2.45) is 4.99 Å². The Hall–Kier alpha value is -1.79. The van der Waals surface area contributed by atoms with Gasteiger partial charge < -0.3 is 25.4 Å². The van der Waals surface area contributed by atoms with E-state index in [4.69, 9.17) is 4.74 Å². The number of hydrogen-bond donors (Lipinski definition) is 3. The zero-order chi connectivity index (χ0) is 18.9. The summed E-state index contributed by atoms with van der Waals surface area (Å²) in [5.41, 5.74) is 0.818. The first-order valence-corrected chi connectivity index (χ1v) is 9.66. The summed E-state index contributed by atoms with van der Waals surface area (Å²) in [5.74, 6) is 1.52. The van der Waals surface area contributed by atoms with E-state index >= 15 is 0 Å². The lowest BCUT2D eigenvalue weighted by Gasteiger charge is -2.21. The Balaban J connectivity index is 1.92. The fourth-order valence-electron chi connectivity index (χ4n) is 3.14.